The van der Waals surface area contributed by atoms with E-state index in [-0.39, 0.29) is 6.10 Å². The lowest BCUT2D eigenvalue weighted by Gasteiger charge is -2.42. The van der Waals surface area contributed by atoms with E-state index in [0.717, 1.165) is 24.8 Å². The number of hydrogen-bond acceptors (Lipinski definition) is 2. The Morgan fingerprint density at radius 3 is 2.68 bits per heavy atom. The standard InChI is InChI=1S/C17H33NO/c1-4-6-15-8-9-17(19)16(11-15)12-18-10-5-7-13(2)14(18)3/h13-17,19H,4-12H2,1-3H3. The number of aliphatic hydroxyl groups excluding tert-OH is 1. The summed E-state index contributed by atoms with van der Waals surface area (Å²) in [4.78, 5) is 2.65. The third kappa shape index (κ3) is 3.95. The van der Waals surface area contributed by atoms with Crippen LogP contribution in [-0.2, 0) is 0 Å². The first-order valence-electron chi connectivity index (χ1n) is 8.54. The van der Waals surface area contributed by atoms with E-state index in [1.54, 1.807) is 0 Å². The maximum Gasteiger partial charge on any atom is 0.0580 e. The molecule has 2 fully saturated rings. The highest BCUT2D eigenvalue weighted by molar-refractivity contribution is 4.86. The molecule has 2 nitrogen and oxygen atoms in total. The summed E-state index contributed by atoms with van der Waals surface area (Å²) in [5, 5.41) is 10.3. The lowest BCUT2D eigenvalue weighted by molar-refractivity contribution is 0.00464. The molecule has 0 aromatic heterocycles. The zero-order chi connectivity index (χ0) is 13.8. The van der Waals surface area contributed by atoms with Gasteiger partial charge in [0.15, 0.2) is 0 Å². The van der Waals surface area contributed by atoms with Gasteiger partial charge in [0.25, 0.3) is 0 Å². The van der Waals surface area contributed by atoms with Crippen molar-refractivity contribution in [2.75, 3.05) is 13.1 Å². The van der Waals surface area contributed by atoms with Crippen LogP contribution in [0.1, 0.15) is 65.7 Å². The molecule has 1 N–H and O–H groups in total. The Balaban J connectivity index is 1.88. The summed E-state index contributed by atoms with van der Waals surface area (Å²) in [6.45, 7) is 9.42. The average Bonchev–Trinajstić information content (AvgIpc) is 2.39. The molecular formula is C17H33NO. The van der Waals surface area contributed by atoms with Gasteiger partial charge < -0.3 is 10.0 Å². The minimum atomic E-state index is -0.0439. The minimum absolute atomic E-state index is 0.0439. The van der Waals surface area contributed by atoms with Crippen LogP contribution in [0.5, 0.6) is 0 Å². The lowest BCUT2D eigenvalue weighted by atomic mass is 9.77. The predicted octanol–water partition coefficient (Wildman–Crippen LogP) is 3.68. The first-order chi connectivity index (χ1) is 9.11. The molecule has 112 valence electrons. The van der Waals surface area contributed by atoms with E-state index in [0.29, 0.717) is 12.0 Å². The first kappa shape index (κ1) is 15.3. The summed E-state index contributed by atoms with van der Waals surface area (Å²) in [7, 11) is 0. The van der Waals surface area contributed by atoms with Gasteiger partial charge in [-0.3, -0.25) is 0 Å². The maximum absolute atomic E-state index is 10.3. The first-order valence-corrected chi connectivity index (χ1v) is 8.54. The van der Waals surface area contributed by atoms with Crippen LogP contribution in [0, 0.1) is 17.8 Å². The van der Waals surface area contributed by atoms with Crippen LogP contribution in [0.25, 0.3) is 0 Å². The molecule has 1 saturated carbocycles. The van der Waals surface area contributed by atoms with E-state index < -0.39 is 0 Å². The van der Waals surface area contributed by atoms with Crippen molar-refractivity contribution in [2.45, 2.75) is 77.9 Å². The van der Waals surface area contributed by atoms with Crippen molar-refractivity contribution in [1.29, 1.82) is 0 Å². The number of piperidine rings is 1. The number of rotatable bonds is 4. The molecule has 19 heavy (non-hydrogen) atoms. The molecule has 5 atom stereocenters. The van der Waals surface area contributed by atoms with Crippen LogP contribution in [-0.4, -0.2) is 35.2 Å². The van der Waals surface area contributed by atoms with E-state index >= 15 is 0 Å². The molecule has 1 aliphatic carbocycles. The van der Waals surface area contributed by atoms with Crippen LogP contribution in [0.15, 0.2) is 0 Å². The van der Waals surface area contributed by atoms with Crippen molar-refractivity contribution in [3.63, 3.8) is 0 Å². The largest absolute Gasteiger partial charge is 0.393 e. The molecule has 1 heterocycles. The zero-order valence-corrected chi connectivity index (χ0v) is 13.1. The fourth-order valence-corrected chi connectivity index (χ4v) is 4.19. The summed E-state index contributed by atoms with van der Waals surface area (Å²) in [6.07, 6.45) is 8.87. The van der Waals surface area contributed by atoms with Gasteiger partial charge >= 0.3 is 0 Å². The summed E-state index contributed by atoms with van der Waals surface area (Å²) in [6, 6.07) is 0.701. The Morgan fingerprint density at radius 1 is 1.16 bits per heavy atom. The van der Waals surface area contributed by atoms with E-state index in [2.05, 4.69) is 25.7 Å². The molecule has 2 heteroatoms. The second-order valence-corrected chi connectivity index (χ2v) is 7.15. The normalized spacial score (nSPS) is 41.4. The molecule has 0 radical (unpaired) electrons. The van der Waals surface area contributed by atoms with Gasteiger partial charge in [0, 0.05) is 12.6 Å². The predicted molar refractivity (Wildman–Crippen MR) is 81.2 cm³/mol. The highest BCUT2D eigenvalue weighted by Crippen LogP contribution is 2.34. The van der Waals surface area contributed by atoms with E-state index in [9.17, 15) is 5.11 Å². The molecule has 2 aliphatic rings. The molecular weight excluding hydrogens is 234 g/mol. The smallest absolute Gasteiger partial charge is 0.0580 e. The Morgan fingerprint density at radius 2 is 1.95 bits per heavy atom. The Labute approximate surface area is 119 Å². The molecule has 0 spiro atoms. The maximum atomic E-state index is 10.3. The quantitative estimate of drug-likeness (QED) is 0.840. The van der Waals surface area contributed by atoms with E-state index in [4.69, 9.17) is 0 Å². The van der Waals surface area contributed by atoms with Gasteiger partial charge in [-0.2, -0.15) is 0 Å². The van der Waals surface area contributed by atoms with E-state index in [1.807, 2.05) is 0 Å². The zero-order valence-electron chi connectivity index (χ0n) is 13.1. The van der Waals surface area contributed by atoms with Crippen LogP contribution in [0.3, 0.4) is 0 Å². The number of aliphatic hydroxyl groups is 1. The summed E-state index contributed by atoms with van der Waals surface area (Å²) in [5.74, 6) is 2.22. The van der Waals surface area contributed by atoms with Crippen molar-refractivity contribution in [3.8, 4) is 0 Å². The fourth-order valence-electron chi connectivity index (χ4n) is 4.19. The highest BCUT2D eigenvalue weighted by Gasteiger charge is 2.33. The van der Waals surface area contributed by atoms with Gasteiger partial charge in [0.2, 0.25) is 0 Å². The Hall–Kier alpha value is -0.0800. The Bertz CT molecular complexity index is 268. The van der Waals surface area contributed by atoms with Crippen LogP contribution < -0.4 is 0 Å². The fraction of sp³-hybridized carbons (Fsp3) is 1.00. The van der Waals surface area contributed by atoms with Crippen LogP contribution in [0.2, 0.25) is 0 Å². The summed E-state index contributed by atoms with van der Waals surface area (Å²) < 4.78 is 0. The topological polar surface area (TPSA) is 23.5 Å². The van der Waals surface area contributed by atoms with Crippen molar-refractivity contribution < 1.29 is 5.11 Å². The average molecular weight is 267 g/mol. The highest BCUT2D eigenvalue weighted by atomic mass is 16.3. The van der Waals surface area contributed by atoms with Crippen molar-refractivity contribution >= 4 is 0 Å². The third-order valence-corrected chi connectivity index (χ3v) is 5.72. The molecule has 0 aromatic carbocycles. The third-order valence-electron chi connectivity index (χ3n) is 5.72. The van der Waals surface area contributed by atoms with Gasteiger partial charge in [-0.15, -0.1) is 0 Å². The van der Waals surface area contributed by atoms with Gasteiger partial charge in [-0.25, -0.2) is 0 Å². The number of hydrogen-bond donors (Lipinski definition) is 1. The molecule has 0 bridgehead atoms. The van der Waals surface area contributed by atoms with Crippen LogP contribution >= 0.6 is 0 Å². The van der Waals surface area contributed by atoms with Crippen LogP contribution in [0.4, 0.5) is 0 Å². The summed E-state index contributed by atoms with van der Waals surface area (Å²) in [5.41, 5.74) is 0. The van der Waals surface area contributed by atoms with Gasteiger partial charge in [0.1, 0.15) is 0 Å². The van der Waals surface area contributed by atoms with Crippen molar-refractivity contribution in [2.24, 2.45) is 17.8 Å². The molecule has 1 saturated heterocycles. The van der Waals surface area contributed by atoms with Crippen molar-refractivity contribution in [1.82, 2.24) is 4.90 Å². The molecule has 0 aromatic rings. The molecule has 2 rings (SSSR count). The SMILES string of the molecule is CCCC1CCC(O)C(CN2CCCC(C)C2C)C1. The Kier molecular flexibility index (Phi) is 5.70. The number of nitrogens with zero attached hydrogens (tertiary/aromatic N) is 1. The second kappa shape index (κ2) is 7.08. The minimum Gasteiger partial charge on any atom is -0.393 e. The van der Waals surface area contributed by atoms with Crippen molar-refractivity contribution in [3.05, 3.63) is 0 Å². The van der Waals surface area contributed by atoms with E-state index in [1.165, 1.54) is 45.1 Å². The molecule has 5 unspecified atom stereocenters. The monoisotopic (exact) mass is 267 g/mol. The molecule has 0 amide bonds. The molecule has 1 aliphatic heterocycles. The number of likely N-dealkylation sites (tertiary alicyclic amines) is 1. The lowest BCUT2D eigenvalue weighted by Crippen LogP contribution is -2.47. The summed E-state index contributed by atoms with van der Waals surface area (Å²) >= 11 is 0. The second-order valence-electron chi connectivity index (χ2n) is 7.15. The van der Waals surface area contributed by atoms with Gasteiger partial charge in [-0.05, 0) is 63.3 Å². The van der Waals surface area contributed by atoms with Gasteiger partial charge in [0.05, 0.1) is 6.10 Å². The van der Waals surface area contributed by atoms with Gasteiger partial charge in [-0.1, -0.05) is 26.7 Å².